The average Bonchev–Trinajstić information content (AvgIpc) is 3.32. The number of anilines is 2. The average molecular weight is 622 g/mol. The first-order chi connectivity index (χ1) is 13.9. The van der Waals surface area contributed by atoms with E-state index in [0.717, 1.165) is 47.7 Å². The molecule has 8 nitrogen and oxygen atoms in total. The Morgan fingerprint density at radius 1 is 1.00 bits per heavy atom. The molecule has 2 aromatic rings. The number of pyridine rings is 2. The molecule has 1 amide bonds. The summed E-state index contributed by atoms with van der Waals surface area (Å²) in [4.78, 5) is 23.5. The molecule has 2 aromatic heterocycles. The Hall–Kier alpha value is -1.41. The van der Waals surface area contributed by atoms with Gasteiger partial charge in [-0.2, -0.15) is 0 Å². The Kier molecular flexibility index (Phi) is 8.12. The van der Waals surface area contributed by atoms with Gasteiger partial charge in [0.1, 0.15) is 11.6 Å². The van der Waals surface area contributed by atoms with E-state index >= 15 is 0 Å². The highest BCUT2D eigenvalue weighted by Gasteiger charge is 2.24. The van der Waals surface area contributed by atoms with Crippen LogP contribution in [0.25, 0.3) is 0 Å². The van der Waals surface area contributed by atoms with Gasteiger partial charge in [-0.3, -0.25) is 0 Å². The molecule has 0 bridgehead atoms. The van der Waals surface area contributed by atoms with Crippen LogP contribution in [0.2, 0.25) is 0 Å². The van der Waals surface area contributed by atoms with Gasteiger partial charge in [0.25, 0.3) is 0 Å². The molecule has 156 valence electrons. The van der Waals surface area contributed by atoms with Gasteiger partial charge in [0.2, 0.25) is 0 Å². The van der Waals surface area contributed by atoms with Gasteiger partial charge in [-0.15, -0.1) is 0 Å². The number of hydrogen-bond acceptors (Lipinski definition) is 6. The van der Waals surface area contributed by atoms with Crippen LogP contribution in [-0.4, -0.2) is 59.4 Å². The normalized spacial score (nSPS) is 20.9. The molecule has 2 fully saturated rings. The molecule has 0 spiro atoms. The van der Waals surface area contributed by atoms with Gasteiger partial charge >= 0.3 is 6.09 Å². The summed E-state index contributed by atoms with van der Waals surface area (Å²) in [7, 11) is 0. The van der Waals surface area contributed by atoms with Gasteiger partial charge in [-0.1, -0.05) is 0 Å². The first-order valence-electron chi connectivity index (χ1n) is 9.39. The van der Waals surface area contributed by atoms with Crippen LogP contribution < -0.4 is 20.9 Å². The van der Waals surface area contributed by atoms with E-state index < -0.39 is 6.09 Å². The SMILES string of the molecule is N[C@H]1CCN(c2ccc(I)cn2)C1.O=C(O)N[C@H]1CCN(c2ccc(I)cn2)C1. The van der Waals surface area contributed by atoms with Crippen molar-refractivity contribution in [3.63, 3.8) is 0 Å². The zero-order valence-electron chi connectivity index (χ0n) is 15.8. The molecule has 2 saturated heterocycles. The fourth-order valence-electron chi connectivity index (χ4n) is 3.37. The molecule has 4 heterocycles. The van der Waals surface area contributed by atoms with Crippen LogP contribution in [0.3, 0.4) is 0 Å². The van der Waals surface area contributed by atoms with E-state index in [1.54, 1.807) is 0 Å². The number of halogens is 2. The molecule has 10 heteroatoms. The maximum atomic E-state index is 10.5. The molecule has 2 aliphatic heterocycles. The first kappa shape index (κ1) is 22.3. The number of nitrogens with one attached hydrogen (secondary N) is 1. The number of aromatic nitrogens is 2. The van der Waals surface area contributed by atoms with Gasteiger partial charge in [0, 0.05) is 51.8 Å². The molecule has 0 aromatic carbocycles. The summed E-state index contributed by atoms with van der Waals surface area (Å²) < 4.78 is 2.27. The molecular weight excluding hydrogens is 598 g/mol. The molecule has 0 aliphatic carbocycles. The smallest absolute Gasteiger partial charge is 0.404 e. The van der Waals surface area contributed by atoms with Crippen LogP contribution in [0, 0.1) is 7.14 Å². The van der Waals surface area contributed by atoms with E-state index in [2.05, 4.69) is 82.4 Å². The molecule has 2 atom stereocenters. The molecule has 0 saturated carbocycles. The van der Waals surface area contributed by atoms with E-state index in [4.69, 9.17) is 10.8 Å². The van der Waals surface area contributed by atoms with Crippen molar-refractivity contribution in [1.82, 2.24) is 15.3 Å². The molecular formula is C19H24I2N6O2. The van der Waals surface area contributed by atoms with Crippen LogP contribution in [0.1, 0.15) is 12.8 Å². The fourth-order valence-corrected chi connectivity index (χ4v) is 4.00. The molecule has 0 unspecified atom stereocenters. The molecule has 4 rings (SSSR count). The minimum Gasteiger partial charge on any atom is -0.465 e. The maximum Gasteiger partial charge on any atom is 0.404 e. The Labute approximate surface area is 197 Å². The number of carbonyl (C=O) groups is 1. The minimum absolute atomic E-state index is 0.0126. The Balaban J connectivity index is 0.000000169. The number of rotatable bonds is 3. The topological polar surface area (TPSA) is 108 Å². The van der Waals surface area contributed by atoms with E-state index in [-0.39, 0.29) is 6.04 Å². The lowest BCUT2D eigenvalue weighted by atomic mass is 10.3. The second-order valence-electron chi connectivity index (χ2n) is 7.05. The van der Waals surface area contributed by atoms with Crippen molar-refractivity contribution in [2.75, 3.05) is 36.0 Å². The Bertz CT molecular complexity index is 805. The molecule has 4 N–H and O–H groups in total. The van der Waals surface area contributed by atoms with Crippen molar-refractivity contribution in [3.05, 3.63) is 43.8 Å². The monoisotopic (exact) mass is 622 g/mol. The fraction of sp³-hybridized carbons (Fsp3) is 0.421. The van der Waals surface area contributed by atoms with Crippen LogP contribution in [0.4, 0.5) is 16.4 Å². The maximum absolute atomic E-state index is 10.5. The highest BCUT2D eigenvalue weighted by molar-refractivity contribution is 14.1. The standard InChI is InChI=1S/C10H12IN3O2.C9H12IN3/c11-7-1-2-9(12-5-7)14-4-3-8(6-14)13-10(15)16;10-7-1-2-9(12-5-7)13-4-3-8(11)6-13/h1-2,5,8,13H,3-4,6H2,(H,15,16);1-2,5,8H,3-4,6,11H2/t2*8-/m00/s1. The van der Waals surface area contributed by atoms with E-state index in [0.29, 0.717) is 12.6 Å². The Morgan fingerprint density at radius 3 is 2.00 bits per heavy atom. The summed E-state index contributed by atoms with van der Waals surface area (Å²) >= 11 is 4.47. The summed E-state index contributed by atoms with van der Waals surface area (Å²) in [5.74, 6) is 1.96. The highest BCUT2D eigenvalue weighted by Crippen LogP contribution is 2.19. The minimum atomic E-state index is -0.956. The summed E-state index contributed by atoms with van der Waals surface area (Å²) in [5, 5.41) is 11.1. The third-order valence-electron chi connectivity index (χ3n) is 4.81. The Morgan fingerprint density at radius 2 is 1.55 bits per heavy atom. The van der Waals surface area contributed by atoms with Crippen molar-refractivity contribution in [1.29, 1.82) is 0 Å². The quantitative estimate of drug-likeness (QED) is 0.453. The van der Waals surface area contributed by atoms with Crippen LogP contribution in [0.15, 0.2) is 36.7 Å². The summed E-state index contributed by atoms with van der Waals surface area (Å²) in [6, 6.07) is 8.43. The second-order valence-corrected chi connectivity index (χ2v) is 9.54. The zero-order valence-corrected chi connectivity index (χ0v) is 20.2. The summed E-state index contributed by atoms with van der Waals surface area (Å²) in [6.07, 6.45) is 4.66. The van der Waals surface area contributed by atoms with Crippen LogP contribution >= 0.6 is 45.2 Å². The summed E-state index contributed by atoms with van der Waals surface area (Å²) in [5.41, 5.74) is 5.82. The van der Waals surface area contributed by atoms with Crippen molar-refractivity contribution in [3.8, 4) is 0 Å². The number of carboxylic acid groups (broad SMARTS) is 1. The predicted molar refractivity (Wildman–Crippen MR) is 130 cm³/mol. The van der Waals surface area contributed by atoms with Crippen LogP contribution in [0.5, 0.6) is 0 Å². The van der Waals surface area contributed by atoms with Crippen molar-refractivity contribution < 1.29 is 9.90 Å². The third-order valence-corrected chi connectivity index (χ3v) is 6.09. The molecule has 2 aliphatic rings. The van der Waals surface area contributed by atoms with Crippen molar-refractivity contribution in [2.45, 2.75) is 24.9 Å². The first-order valence-corrected chi connectivity index (χ1v) is 11.5. The zero-order chi connectivity index (χ0) is 20.8. The van der Waals surface area contributed by atoms with Crippen molar-refractivity contribution >= 4 is 62.9 Å². The van der Waals surface area contributed by atoms with Gasteiger partial charge in [-0.25, -0.2) is 14.8 Å². The van der Waals surface area contributed by atoms with Gasteiger partial charge in [0.15, 0.2) is 0 Å². The van der Waals surface area contributed by atoms with E-state index in [1.165, 1.54) is 3.57 Å². The van der Waals surface area contributed by atoms with Crippen LogP contribution in [-0.2, 0) is 0 Å². The van der Waals surface area contributed by atoms with E-state index in [1.807, 2.05) is 24.5 Å². The number of hydrogen-bond donors (Lipinski definition) is 3. The predicted octanol–water partition coefficient (Wildman–Crippen LogP) is 2.76. The van der Waals surface area contributed by atoms with Gasteiger partial charge in [-0.05, 0) is 82.3 Å². The van der Waals surface area contributed by atoms with Gasteiger partial charge < -0.3 is 26.0 Å². The lowest BCUT2D eigenvalue weighted by Crippen LogP contribution is -2.36. The third kappa shape index (κ3) is 6.81. The lowest BCUT2D eigenvalue weighted by Gasteiger charge is -2.17. The molecule has 0 radical (unpaired) electrons. The second kappa shape index (κ2) is 10.6. The molecule has 29 heavy (non-hydrogen) atoms. The number of nitrogens with two attached hydrogens (primary N) is 1. The van der Waals surface area contributed by atoms with Crippen molar-refractivity contribution in [2.24, 2.45) is 5.73 Å². The lowest BCUT2D eigenvalue weighted by molar-refractivity contribution is 0.191. The largest absolute Gasteiger partial charge is 0.465 e. The highest BCUT2D eigenvalue weighted by atomic mass is 127. The summed E-state index contributed by atoms with van der Waals surface area (Å²) in [6.45, 7) is 3.51. The number of nitrogens with zero attached hydrogens (tertiary/aromatic N) is 4. The van der Waals surface area contributed by atoms with E-state index in [9.17, 15) is 4.79 Å². The number of amides is 1. The van der Waals surface area contributed by atoms with Gasteiger partial charge in [0.05, 0.1) is 6.04 Å².